The number of nitrogens with zero attached hydrogens (tertiary/aromatic N) is 1. The second-order valence-corrected chi connectivity index (χ2v) is 4.16. The maximum atomic E-state index is 12.1. The van der Waals surface area contributed by atoms with Crippen molar-refractivity contribution in [1.29, 1.82) is 0 Å². The van der Waals surface area contributed by atoms with Crippen LogP contribution in [0.3, 0.4) is 0 Å². The van der Waals surface area contributed by atoms with Gasteiger partial charge in [0.2, 0.25) is 0 Å². The molecule has 0 N–H and O–H groups in total. The first-order chi connectivity index (χ1) is 9.33. The fraction of sp³-hybridized carbons (Fsp3) is 0.333. The van der Waals surface area contributed by atoms with Gasteiger partial charge in [-0.25, -0.2) is 0 Å². The Balaban J connectivity index is 2.01. The molecule has 2 rings (SSSR count). The van der Waals surface area contributed by atoms with Crippen molar-refractivity contribution in [2.75, 3.05) is 26.9 Å². The van der Waals surface area contributed by atoms with Crippen LogP contribution >= 0.6 is 0 Å². The molecule has 0 aliphatic heterocycles. The second-order valence-electron chi connectivity index (χ2n) is 4.16. The molecule has 100 valence electrons. The normalized spacial score (nSPS) is 10.8. The van der Waals surface area contributed by atoms with Gasteiger partial charge in [0.05, 0.1) is 25.3 Å². The molecule has 0 saturated carbocycles. The van der Waals surface area contributed by atoms with E-state index in [1.807, 2.05) is 30.3 Å². The van der Waals surface area contributed by atoms with Crippen LogP contribution in [0.2, 0.25) is 0 Å². The summed E-state index contributed by atoms with van der Waals surface area (Å²) in [4.78, 5) is 16.4. The molecule has 4 nitrogen and oxygen atoms in total. The van der Waals surface area contributed by atoms with Crippen LogP contribution in [-0.4, -0.2) is 37.7 Å². The first-order valence-electron chi connectivity index (χ1n) is 6.26. The van der Waals surface area contributed by atoms with E-state index >= 15 is 0 Å². The number of aromatic nitrogens is 1. The number of hydrogen-bond donors (Lipinski definition) is 0. The molecular weight excluding hydrogens is 242 g/mol. The van der Waals surface area contributed by atoms with Gasteiger partial charge in [0.15, 0.2) is 5.78 Å². The highest BCUT2D eigenvalue weighted by molar-refractivity contribution is 6.06. The van der Waals surface area contributed by atoms with Crippen molar-refractivity contribution in [2.45, 2.75) is 6.42 Å². The van der Waals surface area contributed by atoms with Gasteiger partial charge in [-0.2, -0.15) is 0 Å². The first-order valence-corrected chi connectivity index (χ1v) is 6.26. The molecule has 4 heteroatoms. The summed E-state index contributed by atoms with van der Waals surface area (Å²) in [6.45, 7) is 1.47. The number of rotatable bonds is 7. The zero-order chi connectivity index (χ0) is 13.5. The van der Waals surface area contributed by atoms with E-state index < -0.39 is 0 Å². The largest absolute Gasteiger partial charge is 0.382 e. The van der Waals surface area contributed by atoms with E-state index in [9.17, 15) is 4.79 Å². The summed E-state index contributed by atoms with van der Waals surface area (Å²) in [5.41, 5.74) is 1.42. The van der Waals surface area contributed by atoms with Crippen LogP contribution < -0.4 is 0 Å². The van der Waals surface area contributed by atoms with Gasteiger partial charge in [0.1, 0.15) is 0 Å². The monoisotopic (exact) mass is 259 g/mol. The Morgan fingerprint density at radius 1 is 1.16 bits per heavy atom. The van der Waals surface area contributed by atoms with Crippen molar-refractivity contribution in [3.8, 4) is 0 Å². The summed E-state index contributed by atoms with van der Waals surface area (Å²) in [6, 6.07) is 9.46. The molecule has 0 aliphatic rings. The highest BCUT2D eigenvalue weighted by atomic mass is 16.5. The van der Waals surface area contributed by atoms with E-state index in [0.717, 1.165) is 10.9 Å². The van der Waals surface area contributed by atoms with Gasteiger partial charge in [-0.05, 0) is 12.1 Å². The minimum atomic E-state index is 0.0571. The van der Waals surface area contributed by atoms with Crippen molar-refractivity contribution in [3.05, 3.63) is 42.1 Å². The Kier molecular flexibility index (Phi) is 5.01. The summed E-state index contributed by atoms with van der Waals surface area (Å²) in [7, 11) is 1.62. The second kappa shape index (κ2) is 6.97. The summed E-state index contributed by atoms with van der Waals surface area (Å²) in [5, 5.41) is 0.980. The van der Waals surface area contributed by atoms with Crippen LogP contribution in [-0.2, 0) is 9.47 Å². The van der Waals surface area contributed by atoms with Crippen LogP contribution in [0.1, 0.15) is 16.8 Å². The molecule has 0 amide bonds. The lowest BCUT2D eigenvalue weighted by molar-refractivity contribution is 0.0642. The molecule has 0 radical (unpaired) electrons. The molecule has 1 aromatic carbocycles. The van der Waals surface area contributed by atoms with Gasteiger partial charge >= 0.3 is 0 Å². The van der Waals surface area contributed by atoms with Crippen molar-refractivity contribution in [1.82, 2.24) is 4.98 Å². The van der Waals surface area contributed by atoms with Gasteiger partial charge < -0.3 is 9.47 Å². The number of Topliss-reactive ketones (excluding diaryl/α,β-unsaturated/α-hetero) is 1. The molecule has 19 heavy (non-hydrogen) atoms. The molecule has 1 heterocycles. The Labute approximate surface area is 112 Å². The molecule has 0 fully saturated rings. The topological polar surface area (TPSA) is 48.4 Å². The van der Waals surface area contributed by atoms with Crippen LogP contribution in [0, 0.1) is 0 Å². The summed E-state index contributed by atoms with van der Waals surface area (Å²) >= 11 is 0. The fourth-order valence-electron chi connectivity index (χ4n) is 1.87. The molecular formula is C15H17NO3. The lowest BCUT2D eigenvalue weighted by Crippen LogP contribution is -2.08. The van der Waals surface area contributed by atoms with Gasteiger partial charge in [-0.1, -0.05) is 18.2 Å². The first kappa shape index (κ1) is 13.6. The number of carbonyl (C=O) groups excluding carboxylic acids is 1. The average Bonchev–Trinajstić information content (AvgIpc) is 2.46. The minimum absolute atomic E-state index is 0.0571. The minimum Gasteiger partial charge on any atom is -0.382 e. The lowest BCUT2D eigenvalue weighted by atomic mass is 10.0. The molecule has 1 aromatic heterocycles. The fourth-order valence-corrected chi connectivity index (χ4v) is 1.87. The van der Waals surface area contributed by atoms with E-state index in [4.69, 9.17) is 9.47 Å². The van der Waals surface area contributed by atoms with Crippen LogP contribution in [0.5, 0.6) is 0 Å². The van der Waals surface area contributed by atoms with Gasteiger partial charge in [-0.3, -0.25) is 9.78 Å². The molecule has 0 saturated heterocycles. The van der Waals surface area contributed by atoms with E-state index in [-0.39, 0.29) is 5.78 Å². The molecule has 0 unspecified atom stereocenters. The van der Waals surface area contributed by atoms with E-state index in [2.05, 4.69) is 4.98 Å². The van der Waals surface area contributed by atoms with Gasteiger partial charge in [0.25, 0.3) is 0 Å². The number of carbonyl (C=O) groups is 1. The summed E-state index contributed by atoms with van der Waals surface area (Å²) < 4.78 is 10.2. The average molecular weight is 259 g/mol. The van der Waals surface area contributed by atoms with Crippen molar-refractivity contribution in [2.24, 2.45) is 0 Å². The Bertz CT molecular complexity index is 549. The third kappa shape index (κ3) is 3.59. The predicted molar refractivity (Wildman–Crippen MR) is 73.4 cm³/mol. The molecule has 0 atom stereocenters. The zero-order valence-electron chi connectivity index (χ0n) is 11.0. The number of fused-ring (bicyclic) bond motifs is 1. The van der Waals surface area contributed by atoms with Crippen molar-refractivity contribution >= 4 is 16.7 Å². The number of ether oxygens (including phenoxy) is 2. The van der Waals surface area contributed by atoms with Gasteiger partial charge in [0, 0.05) is 30.7 Å². The molecule has 0 aliphatic carbocycles. The molecule has 0 spiro atoms. The number of pyridine rings is 1. The number of methoxy groups -OCH3 is 1. The number of ketones is 1. The molecule has 0 bridgehead atoms. The van der Waals surface area contributed by atoms with Crippen molar-refractivity contribution < 1.29 is 14.3 Å². The maximum Gasteiger partial charge on any atom is 0.167 e. The summed E-state index contributed by atoms with van der Waals surface area (Å²) in [5.74, 6) is 0.0571. The van der Waals surface area contributed by atoms with E-state index in [1.165, 1.54) is 0 Å². The van der Waals surface area contributed by atoms with Crippen LogP contribution in [0.25, 0.3) is 10.9 Å². The van der Waals surface area contributed by atoms with Gasteiger partial charge in [-0.15, -0.1) is 0 Å². The smallest absolute Gasteiger partial charge is 0.167 e. The SMILES string of the molecule is COCCOCCC(=O)c1cccc2cccnc12. The quantitative estimate of drug-likeness (QED) is 0.566. The Morgan fingerprint density at radius 2 is 2.00 bits per heavy atom. The lowest BCUT2D eigenvalue weighted by Gasteiger charge is -2.05. The maximum absolute atomic E-state index is 12.1. The Hall–Kier alpha value is -1.78. The highest BCUT2D eigenvalue weighted by Crippen LogP contribution is 2.17. The van der Waals surface area contributed by atoms with E-state index in [0.29, 0.717) is 31.8 Å². The van der Waals surface area contributed by atoms with Crippen LogP contribution in [0.4, 0.5) is 0 Å². The van der Waals surface area contributed by atoms with Crippen LogP contribution in [0.15, 0.2) is 36.5 Å². The van der Waals surface area contributed by atoms with E-state index in [1.54, 1.807) is 13.3 Å². The third-order valence-electron chi connectivity index (χ3n) is 2.84. The molecule has 2 aromatic rings. The zero-order valence-corrected chi connectivity index (χ0v) is 11.0. The predicted octanol–water partition coefficient (Wildman–Crippen LogP) is 2.47. The number of hydrogen-bond acceptors (Lipinski definition) is 4. The number of para-hydroxylation sites is 1. The number of benzene rings is 1. The third-order valence-corrected chi connectivity index (χ3v) is 2.84. The summed E-state index contributed by atoms with van der Waals surface area (Å²) in [6.07, 6.45) is 2.06. The van der Waals surface area contributed by atoms with Crippen molar-refractivity contribution in [3.63, 3.8) is 0 Å². The highest BCUT2D eigenvalue weighted by Gasteiger charge is 2.10. The standard InChI is InChI=1S/C15H17NO3/c1-18-10-11-19-9-7-14(17)13-6-2-4-12-5-3-8-16-15(12)13/h2-6,8H,7,9-11H2,1H3. The Morgan fingerprint density at radius 3 is 2.84 bits per heavy atom.